The maximum Gasteiger partial charge on any atom is 0.354 e. The van der Waals surface area contributed by atoms with Crippen molar-refractivity contribution in [2.75, 3.05) is 19.4 Å². The van der Waals surface area contributed by atoms with Crippen LogP contribution >= 0.6 is 11.3 Å². The highest BCUT2D eigenvalue weighted by atomic mass is 32.1. The van der Waals surface area contributed by atoms with Crippen molar-refractivity contribution in [2.24, 2.45) is 11.7 Å². The second-order valence-electron chi connectivity index (χ2n) is 9.17. The van der Waals surface area contributed by atoms with E-state index in [0.29, 0.717) is 45.0 Å². The van der Waals surface area contributed by atoms with E-state index in [2.05, 4.69) is 9.97 Å². The number of fused-ring (bicyclic) bond motifs is 2. The molecule has 9 nitrogen and oxygen atoms in total. The number of aromatic carboxylic acids is 1. The van der Waals surface area contributed by atoms with Crippen molar-refractivity contribution >= 4 is 39.2 Å². The summed E-state index contributed by atoms with van der Waals surface area (Å²) in [5.74, 6) is -0.452. The largest absolute Gasteiger partial charge is 0.496 e. The smallest absolute Gasteiger partial charge is 0.354 e. The van der Waals surface area contributed by atoms with E-state index >= 15 is 0 Å². The first kappa shape index (κ1) is 25.6. The molecule has 1 aliphatic carbocycles. The molecule has 2 aliphatic rings. The molecule has 2 aromatic heterocycles. The molecule has 1 saturated heterocycles. The fourth-order valence-electron chi connectivity index (χ4n) is 4.94. The van der Waals surface area contributed by atoms with E-state index in [-0.39, 0.29) is 29.5 Å². The molecule has 38 heavy (non-hydrogen) atoms. The lowest BCUT2D eigenvalue weighted by atomic mass is 10.1. The van der Waals surface area contributed by atoms with Crippen LogP contribution in [0, 0.1) is 11.7 Å². The van der Waals surface area contributed by atoms with Crippen molar-refractivity contribution in [2.45, 2.75) is 24.9 Å². The summed E-state index contributed by atoms with van der Waals surface area (Å²) in [5, 5.41) is 9.97. The number of hydrogen-bond acceptors (Lipinski definition) is 8. The Kier molecular flexibility index (Phi) is 6.96. The number of carbonyl (C=O) groups is 2. The molecular weight excluding hydrogens is 509 g/mol. The zero-order valence-corrected chi connectivity index (χ0v) is 21.3. The Morgan fingerprint density at radius 1 is 1.16 bits per heavy atom. The third-order valence-electron chi connectivity index (χ3n) is 6.77. The Morgan fingerprint density at radius 2 is 1.95 bits per heavy atom. The molecule has 196 valence electrons. The average molecular weight is 536 g/mol. The van der Waals surface area contributed by atoms with Crippen molar-refractivity contribution in [3.05, 3.63) is 71.8 Å². The Labute approximate surface area is 221 Å². The monoisotopic (exact) mass is 535 g/mol. The molecule has 5 N–H and O–H groups in total. The number of halogens is 1. The number of benzene rings is 2. The average Bonchev–Trinajstić information content (AvgIpc) is 3.40. The molecule has 1 amide bonds. The first-order valence-electron chi connectivity index (χ1n) is 12.0. The second kappa shape index (κ2) is 10.3. The molecule has 0 spiro atoms. The Balaban J connectivity index is 0.000000170. The minimum Gasteiger partial charge on any atom is -0.496 e. The van der Waals surface area contributed by atoms with Gasteiger partial charge in [-0.25, -0.2) is 19.2 Å². The van der Waals surface area contributed by atoms with Gasteiger partial charge in [-0.2, -0.15) is 0 Å². The minimum atomic E-state index is -1.06. The number of para-hydroxylation sites is 1. The topological polar surface area (TPSA) is 145 Å². The number of hydrogen-bond donors (Lipinski definition) is 3. The van der Waals surface area contributed by atoms with Crippen molar-refractivity contribution in [3.63, 3.8) is 0 Å². The Morgan fingerprint density at radius 3 is 2.66 bits per heavy atom. The first-order valence-corrected chi connectivity index (χ1v) is 12.8. The van der Waals surface area contributed by atoms with Crippen LogP contribution in [-0.4, -0.2) is 57.6 Å². The van der Waals surface area contributed by atoms with Gasteiger partial charge in [-0.3, -0.25) is 4.79 Å². The van der Waals surface area contributed by atoms with E-state index in [4.69, 9.17) is 21.3 Å². The zero-order chi connectivity index (χ0) is 27.0. The Bertz CT molecular complexity index is 1530. The van der Waals surface area contributed by atoms with E-state index in [1.165, 1.54) is 36.6 Å². The van der Waals surface area contributed by atoms with Crippen LogP contribution in [0.5, 0.6) is 5.75 Å². The molecule has 0 unspecified atom stereocenters. The van der Waals surface area contributed by atoms with Crippen molar-refractivity contribution < 1.29 is 23.8 Å². The van der Waals surface area contributed by atoms with Crippen LogP contribution < -0.4 is 16.2 Å². The number of piperidine rings is 1. The summed E-state index contributed by atoms with van der Waals surface area (Å²) < 4.78 is 18.6. The number of nitrogen functional groups attached to an aromatic ring is 1. The molecule has 2 aromatic carbocycles. The SMILES string of the molecule is COc1cc(C(=O)O)nc2ccccc12.NC[C@@H]1C[C@@H]2C[C@@H]2N1C(=O)c1nc(N)sc1-c1cccc(F)c1. The Hall–Kier alpha value is -4.09. The number of methoxy groups -OCH3 is 1. The van der Waals surface area contributed by atoms with Gasteiger partial charge in [-0.15, -0.1) is 0 Å². The number of amides is 1. The summed E-state index contributed by atoms with van der Waals surface area (Å²) in [6.45, 7) is 0.452. The summed E-state index contributed by atoms with van der Waals surface area (Å²) in [6, 6.07) is 15.2. The highest BCUT2D eigenvalue weighted by molar-refractivity contribution is 7.19. The maximum atomic E-state index is 13.5. The van der Waals surface area contributed by atoms with Crippen LogP contribution in [0.15, 0.2) is 54.6 Å². The number of carbonyl (C=O) groups excluding carboxylic acids is 1. The highest BCUT2D eigenvalue weighted by Gasteiger charge is 2.54. The van der Waals surface area contributed by atoms with Gasteiger partial charge in [0.05, 0.1) is 17.5 Å². The fraction of sp³-hybridized carbons (Fsp3) is 0.259. The highest BCUT2D eigenvalue weighted by Crippen LogP contribution is 2.48. The van der Waals surface area contributed by atoms with Crippen LogP contribution in [0.25, 0.3) is 21.3 Å². The zero-order valence-electron chi connectivity index (χ0n) is 20.5. The number of carboxylic acids is 1. The lowest BCUT2D eigenvalue weighted by Gasteiger charge is -2.26. The predicted octanol–water partition coefficient (Wildman–Crippen LogP) is 4.03. The lowest BCUT2D eigenvalue weighted by Crippen LogP contribution is -2.42. The fourth-order valence-corrected chi connectivity index (χ4v) is 5.76. The number of pyridine rings is 1. The molecule has 3 heterocycles. The van der Waals surface area contributed by atoms with E-state index in [1.807, 2.05) is 17.0 Å². The molecule has 3 atom stereocenters. The van der Waals surface area contributed by atoms with Crippen molar-refractivity contribution in [3.8, 4) is 16.2 Å². The number of anilines is 1. The molecular formula is C27H26FN5O4S. The second-order valence-corrected chi connectivity index (χ2v) is 10.2. The van der Waals surface area contributed by atoms with Crippen LogP contribution in [0.4, 0.5) is 9.52 Å². The van der Waals surface area contributed by atoms with Crippen LogP contribution in [-0.2, 0) is 0 Å². The number of carboxylic acid groups (broad SMARTS) is 1. The van der Waals surface area contributed by atoms with E-state index in [1.54, 1.807) is 24.3 Å². The third-order valence-corrected chi connectivity index (χ3v) is 7.70. The predicted molar refractivity (Wildman–Crippen MR) is 143 cm³/mol. The van der Waals surface area contributed by atoms with Crippen LogP contribution in [0.2, 0.25) is 0 Å². The number of rotatable bonds is 5. The standard InChI is InChI=1S/C16H17FN4OS.C11H9NO3/c17-10-3-1-2-8(4-10)14-13(20-16(19)23-14)15(22)21-11(7-18)5-9-6-12(9)21;1-15-10-6-9(11(13)14)12-8-5-3-2-4-7(8)10/h1-4,9,11-12H,5-7,18H2,(H2,19,20);2-6H,1H3,(H,13,14)/t9-,11+,12+;/m1./s1. The molecule has 4 aromatic rings. The normalized spacial score (nSPS) is 19.4. The minimum absolute atomic E-state index is 0.00875. The van der Waals surface area contributed by atoms with Crippen LogP contribution in [0.3, 0.4) is 0 Å². The summed E-state index contributed by atoms with van der Waals surface area (Å²) >= 11 is 1.21. The van der Waals surface area contributed by atoms with Crippen molar-refractivity contribution in [1.29, 1.82) is 0 Å². The van der Waals surface area contributed by atoms with E-state index in [0.717, 1.165) is 18.2 Å². The molecule has 1 aliphatic heterocycles. The van der Waals surface area contributed by atoms with Crippen LogP contribution in [0.1, 0.15) is 33.8 Å². The van der Waals surface area contributed by atoms with E-state index < -0.39 is 5.97 Å². The van der Waals surface area contributed by atoms with Gasteiger partial charge in [-0.05, 0) is 48.6 Å². The van der Waals surface area contributed by atoms with Gasteiger partial charge in [-0.1, -0.05) is 35.6 Å². The van der Waals surface area contributed by atoms with Gasteiger partial charge in [0.1, 0.15) is 17.3 Å². The van der Waals surface area contributed by atoms with Gasteiger partial charge in [0.15, 0.2) is 10.8 Å². The van der Waals surface area contributed by atoms with Crippen molar-refractivity contribution in [1.82, 2.24) is 14.9 Å². The summed E-state index contributed by atoms with van der Waals surface area (Å²) in [5.41, 5.74) is 13.2. The van der Waals surface area contributed by atoms with Gasteiger partial charge in [0, 0.05) is 30.1 Å². The lowest BCUT2D eigenvalue weighted by molar-refractivity contribution is 0.0685. The number of likely N-dealkylation sites (tertiary alicyclic amines) is 1. The van der Waals surface area contributed by atoms with E-state index in [9.17, 15) is 14.0 Å². The van der Waals surface area contributed by atoms with Gasteiger partial charge < -0.3 is 26.2 Å². The molecule has 11 heteroatoms. The summed E-state index contributed by atoms with van der Waals surface area (Å²) in [6.07, 6.45) is 2.00. The first-order chi connectivity index (χ1) is 18.3. The number of aromatic nitrogens is 2. The summed E-state index contributed by atoms with van der Waals surface area (Å²) in [4.78, 5) is 34.5. The molecule has 2 fully saturated rings. The van der Waals surface area contributed by atoms with Gasteiger partial charge in [0.25, 0.3) is 5.91 Å². The number of nitrogens with zero attached hydrogens (tertiary/aromatic N) is 3. The number of nitrogens with two attached hydrogens (primary N) is 2. The van der Waals surface area contributed by atoms with Gasteiger partial charge in [0.2, 0.25) is 0 Å². The van der Waals surface area contributed by atoms with Gasteiger partial charge >= 0.3 is 5.97 Å². The molecule has 0 radical (unpaired) electrons. The molecule has 1 saturated carbocycles. The molecule has 6 rings (SSSR count). The summed E-state index contributed by atoms with van der Waals surface area (Å²) in [7, 11) is 1.51. The third kappa shape index (κ3) is 4.90. The molecule has 0 bridgehead atoms. The number of ether oxygens (including phenoxy) is 1. The maximum absolute atomic E-state index is 13.5. The quantitative estimate of drug-likeness (QED) is 0.347. The number of thiazole rings is 1.